The van der Waals surface area contributed by atoms with Gasteiger partial charge in [0.05, 0.1) is 6.10 Å². The topological polar surface area (TPSA) is 40.5 Å². The fourth-order valence-electron chi connectivity index (χ4n) is 4.02. The smallest absolute Gasteiger partial charge is 0.0571 e. The minimum absolute atomic E-state index is 0.0675. The third-order valence-corrected chi connectivity index (χ3v) is 4.91. The SMILES string of the molecule is CC(CO)C1CCC2C(O)CC[C@@H](C)C12. The van der Waals surface area contributed by atoms with Crippen LogP contribution < -0.4 is 0 Å². The van der Waals surface area contributed by atoms with Crippen molar-refractivity contribution in [3.63, 3.8) is 0 Å². The summed E-state index contributed by atoms with van der Waals surface area (Å²) in [5.74, 6) is 2.97. The van der Waals surface area contributed by atoms with Crippen LogP contribution in [0.2, 0.25) is 0 Å². The number of hydrogen-bond acceptors (Lipinski definition) is 2. The Morgan fingerprint density at radius 2 is 1.93 bits per heavy atom. The van der Waals surface area contributed by atoms with Gasteiger partial charge in [0.15, 0.2) is 0 Å². The molecule has 6 atom stereocenters. The molecule has 0 aromatic heterocycles. The van der Waals surface area contributed by atoms with Gasteiger partial charge in [-0.1, -0.05) is 13.8 Å². The van der Waals surface area contributed by atoms with Crippen LogP contribution in [0.1, 0.15) is 39.5 Å². The maximum Gasteiger partial charge on any atom is 0.0571 e. The van der Waals surface area contributed by atoms with E-state index in [1.165, 1.54) is 12.8 Å². The number of aliphatic hydroxyl groups excluding tert-OH is 2. The summed E-state index contributed by atoms with van der Waals surface area (Å²) >= 11 is 0. The van der Waals surface area contributed by atoms with Crippen molar-refractivity contribution in [1.82, 2.24) is 0 Å². The highest BCUT2D eigenvalue weighted by atomic mass is 16.3. The first-order valence-corrected chi connectivity index (χ1v) is 6.44. The zero-order chi connectivity index (χ0) is 11.0. The minimum Gasteiger partial charge on any atom is -0.396 e. The summed E-state index contributed by atoms with van der Waals surface area (Å²) in [4.78, 5) is 0. The Balaban J connectivity index is 2.11. The maximum atomic E-state index is 10.0. The molecule has 2 rings (SSSR count). The molecule has 0 radical (unpaired) electrons. The van der Waals surface area contributed by atoms with E-state index in [2.05, 4.69) is 13.8 Å². The van der Waals surface area contributed by atoms with E-state index in [9.17, 15) is 10.2 Å². The van der Waals surface area contributed by atoms with E-state index in [0.717, 1.165) is 18.8 Å². The summed E-state index contributed by atoms with van der Waals surface area (Å²) in [7, 11) is 0. The summed E-state index contributed by atoms with van der Waals surface area (Å²) in [6.07, 6.45) is 4.46. The van der Waals surface area contributed by atoms with Crippen LogP contribution in [0.5, 0.6) is 0 Å². The molecule has 2 N–H and O–H groups in total. The van der Waals surface area contributed by atoms with Gasteiger partial charge < -0.3 is 10.2 Å². The predicted octanol–water partition coefficient (Wildman–Crippen LogP) is 2.05. The lowest BCUT2D eigenvalue weighted by Gasteiger charge is -2.39. The van der Waals surface area contributed by atoms with E-state index in [4.69, 9.17) is 0 Å². The van der Waals surface area contributed by atoms with Crippen molar-refractivity contribution in [3.8, 4) is 0 Å². The zero-order valence-corrected chi connectivity index (χ0v) is 9.89. The number of hydrogen-bond donors (Lipinski definition) is 2. The molecular formula is C13H24O2. The highest BCUT2D eigenvalue weighted by Crippen LogP contribution is 2.51. The fraction of sp³-hybridized carbons (Fsp3) is 1.00. The van der Waals surface area contributed by atoms with Crippen molar-refractivity contribution >= 4 is 0 Å². The molecule has 0 aromatic carbocycles. The molecule has 2 nitrogen and oxygen atoms in total. The monoisotopic (exact) mass is 212 g/mol. The second-order valence-electron chi connectivity index (χ2n) is 5.76. The van der Waals surface area contributed by atoms with Crippen LogP contribution >= 0.6 is 0 Å². The molecule has 2 heteroatoms. The Labute approximate surface area is 92.7 Å². The predicted molar refractivity (Wildman–Crippen MR) is 60.4 cm³/mol. The van der Waals surface area contributed by atoms with Gasteiger partial charge in [0.2, 0.25) is 0 Å². The van der Waals surface area contributed by atoms with Gasteiger partial charge in [0.1, 0.15) is 0 Å². The van der Waals surface area contributed by atoms with E-state index in [0.29, 0.717) is 30.3 Å². The van der Waals surface area contributed by atoms with Crippen LogP contribution in [0, 0.1) is 29.6 Å². The Morgan fingerprint density at radius 1 is 1.20 bits per heavy atom. The van der Waals surface area contributed by atoms with E-state index in [1.54, 1.807) is 0 Å². The Hall–Kier alpha value is -0.0800. The Kier molecular flexibility index (Phi) is 3.36. The molecule has 2 fully saturated rings. The van der Waals surface area contributed by atoms with Crippen LogP contribution in [-0.2, 0) is 0 Å². The maximum absolute atomic E-state index is 10.0. The standard InChI is InChI=1S/C13H24O2/c1-8-3-6-12(15)11-5-4-10(13(8)11)9(2)7-14/h8-15H,3-7H2,1-2H3/t8-,9?,10?,11?,12?,13?/m1/s1. The third kappa shape index (κ3) is 1.94. The molecule has 2 saturated carbocycles. The molecule has 0 spiro atoms. The number of fused-ring (bicyclic) bond motifs is 1. The second-order valence-corrected chi connectivity index (χ2v) is 5.76. The lowest BCUT2D eigenvalue weighted by molar-refractivity contribution is -0.00131. The lowest BCUT2D eigenvalue weighted by atomic mass is 9.68. The molecular weight excluding hydrogens is 188 g/mol. The Morgan fingerprint density at radius 3 is 2.60 bits per heavy atom. The summed E-state index contributed by atoms with van der Waals surface area (Å²) < 4.78 is 0. The lowest BCUT2D eigenvalue weighted by Crippen LogP contribution is -2.38. The first kappa shape index (κ1) is 11.4. The molecule has 0 aliphatic heterocycles. The summed E-state index contributed by atoms with van der Waals surface area (Å²) in [5.41, 5.74) is 0. The van der Waals surface area contributed by atoms with Crippen LogP contribution in [-0.4, -0.2) is 22.9 Å². The summed E-state index contributed by atoms with van der Waals surface area (Å²) in [6, 6.07) is 0. The Bertz CT molecular complexity index is 217. The highest BCUT2D eigenvalue weighted by Gasteiger charge is 2.46. The van der Waals surface area contributed by atoms with Gasteiger partial charge in [-0.2, -0.15) is 0 Å². The van der Waals surface area contributed by atoms with E-state index < -0.39 is 0 Å². The van der Waals surface area contributed by atoms with E-state index in [1.807, 2.05) is 0 Å². The molecule has 0 saturated heterocycles. The second kappa shape index (κ2) is 4.42. The highest BCUT2D eigenvalue weighted by molar-refractivity contribution is 4.95. The van der Waals surface area contributed by atoms with Gasteiger partial charge in [0.25, 0.3) is 0 Å². The average Bonchev–Trinajstić information content (AvgIpc) is 2.68. The van der Waals surface area contributed by atoms with Crippen molar-refractivity contribution < 1.29 is 10.2 Å². The molecule has 0 bridgehead atoms. The van der Waals surface area contributed by atoms with Crippen molar-refractivity contribution in [1.29, 1.82) is 0 Å². The minimum atomic E-state index is -0.0675. The normalized spacial score (nSPS) is 47.6. The first-order chi connectivity index (χ1) is 7.15. The van der Waals surface area contributed by atoms with Gasteiger partial charge in [-0.15, -0.1) is 0 Å². The average molecular weight is 212 g/mol. The van der Waals surface area contributed by atoms with Crippen molar-refractivity contribution in [2.45, 2.75) is 45.6 Å². The molecule has 0 aromatic rings. The van der Waals surface area contributed by atoms with Crippen LogP contribution in [0.3, 0.4) is 0 Å². The zero-order valence-electron chi connectivity index (χ0n) is 9.89. The molecule has 0 heterocycles. The van der Waals surface area contributed by atoms with Crippen molar-refractivity contribution in [2.75, 3.05) is 6.61 Å². The summed E-state index contributed by atoms with van der Waals surface area (Å²) in [5, 5.41) is 19.3. The van der Waals surface area contributed by atoms with Crippen LogP contribution in [0.25, 0.3) is 0 Å². The van der Waals surface area contributed by atoms with Gasteiger partial charge in [-0.05, 0) is 55.3 Å². The molecule has 15 heavy (non-hydrogen) atoms. The van der Waals surface area contributed by atoms with E-state index in [-0.39, 0.29) is 6.10 Å². The van der Waals surface area contributed by atoms with Crippen LogP contribution in [0.15, 0.2) is 0 Å². The summed E-state index contributed by atoms with van der Waals surface area (Å²) in [6.45, 7) is 4.78. The molecule has 2 aliphatic rings. The fourth-order valence-corrected chi connectivity index (χ4v) is 4.02. The molecule has 5 unspecified atom stereocenters. The largest absolute Gasteiger partial charge is 0.396 e. The van der Waals surface area contributed by atoms with Gasteiger partial charge in [0, 0.05) is 6.61 Å². The van der Waals surface area contributed by atoms with Crippen molar-refractivity contribution in [3.05, 3.63) is 0 Å². The van der Waals surface area contributed by atoms with Gasteiger partial charge >= 0.3 is 0 Å². The van der Waals surface area contributed by atoms with Gasteiger partial charge in [-0.3, -0.25) is 0 Å². The molecule has 2 aliphatic carbocycles. The third-order valence-electron chi connectivity index (χ3n) is 4.91. The van der Waals surface area contributed by atoms with Crippen molar-refractivity contribution in [2.24, 2.45) is 29.6 Å². The number of rotatable bonds is 2. The van der Waals surface area contributed by atoms with Gasteiger partial charge in [-0.25, -0.2) is 0 Å². The quantitative estimate of drug-likeness (QED) is 0.735. The first-order valence-electron chi connectivity index (χ1n) is 6.44. The molecule has 0 amide bonds. The number of aliphatic hydroxyl groups is 2. The van der Waals surface area contributed by atoms with E-state index >= 15 is 0 Å². The van der Waals surface area contributed by atoms with Crippen LogP contribution in [0.4, 0.5) is 0 Å². The molecule has 88 valence electrons.